The van der Waals surface area contributed by atoms with Gasteiger partial charge in [0.1, 0.15) is 0 Å². The zero-order valence-electron chi connectivity index (χ0n) is 8.38. The Bertz CT molecular complexity index is 290. The van der Waals surface area contributed by atoms with E-state index in [4.69, 9.17) is 11.6 Å². The molecule has 0 radical (unpaired) electrons. The van der Waals surface area contributed by atoms with Crippen LogP contribution in [0.15, 0.2) is 24.3 Å². The van der Waals surface area contributed by atoms with Crippen molar-refractivity contribution < 1.29 is 0 Å². The normalized spacial score (nSPS) is 17.9. The third-order valence-corrected chi connectivity index (χ3v) is 3.01. The van der Waals surface area contributed by atoms with Gasteiger partial charge < -0.3 is 4.90 Å². The minimum absolute atomic E-state index is 0.840. The van der Waals surface area contributed by atoms with Crippen molar-refractivity contribution in [2.45, 2.75) is 25.7 Å². The molecule has 0 N–H and O–H groups in total. The predicted octanol–water partition coefficient (Wildman–Crippen LogP) is 3.72. The van der Waals surface area contributed by atoms with Crippen LogP contribution in [0.5, 0.6) is 0 Å². The standard InChI is InChI=1S/C12H16ClN/c13-11-6-5-7-12(10-11)14-8-3-1-2-4-9-14/h5-7,10H,1-4,8-9H2. The van der Waals surface area contributed by atoms with Crippen molar-refractivity contribution in [3.63, 3.8) is 0 Å². The Hall–Kier alpha value is -0.690. The van der Waals surface area contributed by atoms with Gasteiger partial charge in [-0.1, -0.05) is 30.5 Å². The molecule has 1 nitrogen and oxygen atoms in total. The van der Waals surface area contributed by atoms with Gasteiger partial charge in [-0.25, -0.2) is 0 Å². The van der Waals surface area contributed by atoms with E-state index in [1.807, 2.05) is 12.1 Å². The smallest absolute Gasteiger partial charge is 0.0426 e. The Morgan fingerprint density at radius 3 is 2.36 bits per heavy atom. The highest BCUT2D eigenvalue weighted by molar-refractivity contribution is 6.30. The van der Waals surface area contributed by atoms with Crippen molar-refractivity contribution in [1.29, 1.82) is 0 Å². The van der Waals surface area contributed by atoms with Gasteiger partial charge in [-0.15, -0.1) is 0 Å². The van der Waals surface area contributed by atoms with Crippen LogP contribution < -0.4 is 4.90 Å². The summed E-state index contributed by atoms with van der Waals surface area (Å²) in [6.45, 7) is 2.36. The van der Waals surface area contributed by atoms with Gasteiger partial charge in [-0.3, -0.25) is 0 Å². The number of benzene rings is 1. The van der Waals surface area contributed by atoms with Crippen LogP contribution in [0.2, 0.25) is 5.02 Å². The quantitative estimate of drug-likeness (QED) is 0.682. The summed E-state index contributed by atoms with van der Waals surface area (Å²) in [7, 11) is 0. The molecule has 0 aliphatic carbocycles. The Labute approximate surface area is 90.7 Å². The highest BCUT2D eigenvalue weighted by Gasteiger charge is 2.09. The van der Waals surface area contributed by atoms with Crippen molar-refractivity contribution in [3.05, 3.63) is 29.3 Å². The summed E-state index contributed by atoms with van der Waals surface area (Å²) in [6.07, 6.45) is 5.37. The van der Waals surface area contributed by atoms with Crippen LogP contribution in [0, 0.1) is 0 Å². The Kier molecular flexibility index (Phi) is 3.30. The lowest BCUT2D eigenvalue weighted by atomic mass is 10.2. The minimum Gasteiger partial charge on any atom is -0.371 e. The molecule has 1 saturated heterocycles. The lowest BCUT2D eigenvalue weighted by molar-refractivity contribution is 0.726. The largest absolute Gasteiger partial charge is 0.371 e. The van der Waals surface area contributed by atoms with Gasteiger partial charge in [-0.05, 0) is 31.0 Å². The summed E-state index contributed by atoms with van der Waals surface area (Å²) in [6, 6.07) is 8.18. The van der Waals surface area contributed by atoms with E-state index in [1.54, 1.807) is 0 Å². The fraction of sp³-hybridized carbons (Fsp3) is 0.500. The average Bonchev–Trinajstić information content (AvgIpc) is 2.45. The van der Waals surface area contributed by atoms with Crippen molar-refractivity contribution in [2.75, 3.05) is 18.0 Å². The number of nitrogens with zero attached hydrogens (tertiary/aromatic N) is 1. The Morgan fingerprint density at radius 2 is 1.71 bits per heavy atom. The molecule has 0 saturated carbocycles. The first-order chi connectivity index (χ1) is 6.86. The van der Waals surface area contributed by atoms with E-state index in [1.165, 1.54) is 44.5 Å². The van der Waals surface area contributed by atoms with E-state index in [-0.39, 0.29) is 0 Å². The van der Waals surface area contributed by atoms with Gasteiger partial charge in [0, 0.05) is 23.8 Å². The molecule has 0 atom stereocenters. The lowest BCUT2D eigenvalue weighted by Gasteiger charge is -2.22. The average molecular weight is 210 g/mol. The van der Waals surface area contributed by atoms with Crippen LogP contribution in [0.4, 0.5) is 5.69 Å². The molecule has 1 aromatic rings. The first-order valence-corrected chi connectivity index (χ1v) is 5.74. The van der Waals surface area contributed by atoms with Crippen molar-refractivity contribution in [2.24, 2.45) is 0 Å². The molecule has 0 aromatic heterocycles. The van der Waals surface area contributed by atoms with Crippen LogP contribution in [0.1, 0.15) is 25.7 Å². The molecule has 0 bridgehead atoms. The van der Waals surface area contributed by atoms with Gasteiger partial charge in [0.15, 0.2) is 0 Å². The summed E-state index contributed by atoms with van der Waals surface area (Å²) in [5.41, 5.74) is 1.28. The maximum Gasteiger partial charge on any atom is 0.0426 e. The summed E-state index contributed by atoms with van der Waals surface area (Å²) >= 11 is 5.98. The second-order valence-corrected chi connectivity index (χ2v) is 4.32. The van der Waals surface area contributed by atoms with E-state index < -0.39 is 0 Å². The number of rotatable bonds is 1. The van der Waals surface area contributed by atoms with Crippen LogP contribution in [-0.2, 0) is 0 Å². The van der Waals surface area contributed by atoms with Crippen LogP contribution in [0.25, 0.3) is 0 Å². The molecule has 1 aliphatic heterocycles. The second kappa shape index (κ2) is 4.70. The van der Waals surface area contributed by atoms with Gasteiger partial charge in [-0.2, -0.15) is 0 Å². The molecule has 0 amide bonds. The monoisotopic (exact) mass is 209 g/mol. The molecule has 1 fully saturated rings. The first-order valence-electron chi connectivity index (χ1n) is 5.37. The molecule has 0 unspecified atom stereocenters. The maximum absolute atomic E-state index is 5.98. The van der Waals surface area contributed by atoms with E-state index in [0.717, 1.165) is 5.02 Å². The molecule has 14 heavy (non-hydrogen) atoms. The van der Waals surface area contributed by atoms with E-state index in [2.05, 4.69) is 17.0 Å². The fourth-order valence-electron chi connectivity index (χ4n) is 2.00. The fourth-order valence-corrected chi connectivity index (χ4v) is 2.19. The lowest BCUT2D eigenvalue weighted by Crippen LogP contribution is -2.23. The van der Waals surface area contributed by atoms with Crippen LogP contribution in [-0.4, -0.2) is 13.1 Å². The van der Waals surface area contributed by atoms with Crippen molar-refractivity contribution in [3.8, 4) is 0 Å². The van der Waals surface area contributed by atoms with E-state index in [9.17, 15) is 0 Å². The van der Waals surface area contributed by atoms with Crippen molar-refractivity contribution in [1.82, 2.24) is 0 Å². The molecule has 2 heteroatoms. The summed E-state index contributed by atoms with van der Waals surface area (Å²) in [5, 5.41) is 0.840. The molecule has 1 heterocycles. The summed E-state index contributed by atoms with van der Waals surface area (Å²) in [4.78, 5) is 2.44. The molecule has 76 valence electrons. The highest BCUT2D eigenvalue weighted by atomic mass is 35.5. The number of hydrogen-bond donors (Lipinski definition) is 0. The molecule has 2 rings (SSSR count). The molecule has 1 aromatic carbocycles. The maximum atomic E-state index is 5.98. The zero-order valence-corrected chi connectivity index (χ0v) is 9.13. The van der Waals surface area contributed by atoms with Gasteiger partial charge in [0.25, 0.3) is 0 Å². The zero-order chi connectivity index (χ0) is 9.80. The first kappa shape index (κ1) is 9.85. The summed E-state index contributed by atoms with van der Waals surface area (Å²) < 4.78 is 0. The summed E-state index contributed by atoms with van der Waals surface area (Å²) in [5.74, 6) is 0. The Morgan fingerprint density at radius 1 is 1.00 bits per heavy atom. The molecular weight excluding hydrogens is 194 g/mol. The van der Waals surface area contributed by atoms with Crippen molar-refractivity contribution >= 4 is 17.3 Å². The van der Waals surface area contributed by atoms with Gasteiger partial charge >= 0.3 is 0 Å². The number of hydrogen-bond acceptors (Lipinski definition) is 1. The predicted molar refractivity (Wildman–Crippen MR) is 62.1 cm³/mol. The minimum atomic E-state index is 0.840. The second-order valence-electron chi connectivity index (χ2n) is 3.88. The van der Waals surface area contributed by atoms with Gasteiger partial charge in [0.05, 0.1) is 0 Å². The molecule has 1 aliphatic rings. The third-order valence-electron chi connectivity index (χ3n) is 2.78. The Balaban J connectivity index is 2.12. The highest BCUT2D eigenvalue weighted by Crippen LogP contribution is 2.22. The SMILES string of the molecule is Clc1cccc(N2CCCCCC2)c1. The van der Waals surface area contributed by atoms with Crippen LogP contribution in [0.3, 0.4) is 0 Å². The van der Waals surface area contributed by atoms with Gasteiger partial charge in [0.2, 0.25) is 0 Å². The number of anilines is 1. The third kappa shape index (κ3) is 2.42. The van der Waals surface area contributed by atoms with E-state index >= 15 is 0 Å². The molecule has 0 spiro atoms. The number of halogens is 1. The topological polar surface area (TPSA) is 3.24 Å². The molecular formula is C12H16ClN. The van der Waals surface area contributed by atoms with Crippen LogP contribution >= 0.6 is 11.6 Å². The van der Waals surface area contributed by atoms with E-state index in [0.29, 0.717) is 0 Å².